The van der Waals surface area contributed by atoms with E-state index in [4.69, 9.17) is 16.3 Å². The summed E-state index contributed by atoms with van der Waals surface area (Å²) in [6.45, 7) is 0.316. The van der Waals surface area contributed by atoms with Crippen LogP contribution in [0.1, 0.15) is 19.3 Å². The monoisotopic (exact) mass is 477 g/mol. The molecule has 0 bridgehead atoms. The van der Waals surface area contributed by atoms with Crippen molar-refractivity contribution in [3.05, 3.63) is 60.0 Å². The summed E-state index contributed by atoms with van der Waals surface area (Å²) < 4.78 is 35.7. The second-order valence-corrected chi connectivity index (χ2v) is 9.79. The zero-order valence-corrected chi connectivity index (χ0v) is 18.8. The fraction of sp³-hybridized carbons (Fsp3) is 0.381. The Kier molecular flexibility index (Phi) is 7.17. The molecule has 0 amide bonds. The number of hydrogen-bond donors (Lipinski definition) is 2. The van der Waals surface area contributed by atoms with Crippen molar-refractivity contribution in [1.29, 1.82) is 0 Å². The summed E-state index contributed by atoms with van der Waals surface area (Å²) in [6, 6.07) is 9.19. The Morgan fingerprint density at radius 3 is 2.75 bits per heavy atom. The number of aromatic nitrogens is 4. The minimum absolute atomic E-state index is 0.116. The Hall–Kier alpha value is -2.37. The van der Waals surface area contributed by atoms with Crippen molar-refractivity contribution in [2.24, 2.45) is 0 Å². The molecule has 3 aromatic rings. The molecule has 1 saturated heterocycles. The van der Waals surface area contributed by atoms with E-state index < -0.39 is 22.2 Å². The van der Waals surface area contributed by atoms with Gasteiger partial charge in [0.25, 0.3) is 0 Å². The maximum atomic E-state index is 12.7. The number of rotatable bonds is 8. The van der Waals surface area contributed by atoms with Crippen molar-refractivity contribution >= 4 is 21.6 Å². The van der Waals surface area contributed by atoms with Gasteiger partial charge in [-0.25, -0.2) is 13.1 Å². The average molecular weight is 478 g/mol. The second-order valence-electron chi connectivity index (χ2n) is 7.64. The first-order valence-corrected chi connectivity index (χ1v) is 12.2. The Morgan fingerprint density at radius 2 is 2.03 bits per heavy atom. The molecule has 1 fully saturated rings. The maximum absolute atomic E-state index is 12.7. The van der Waals surface area contributed by atoms with E-state index in [2.05, 4.69) is 20.0 Å². The normalized spacial score (nSPS) is 21.5. The van der Waals surface area contributed by atoms with E-state index in [0.29, 0.717) is 30.8 Å². The molecule has 1 aromatic carbocycles. The predicted molar refractivity (Wildman–Crippen MR) is 118 cm³/mol. The molecule has 170 valence electrons. The van der Waals surface area contributed by atoms with E-state index in [1.54, 1.807) is 17.1 Å². The highest BCUT2D eigenvalue weighted by Gasteiger charge is 2.33. The predicted octanol–water partition coefficient (Wildman–Crippen LogP) is 2.27. The van der Waals surface area contributed by atoms with Gasteiger partial charge in [-0.1, -0.05) is 16.8 Å². The first-order chi connectivity index (χ1) is 15.4. The van der Waals surface area contributed by atoms with E-state index in [9.17, 15) is 13.5 Å². The molecule has 3 atom stereocenters. The van der Waals surface area contributed by atoms with Crippen molar-refractivity contribution in [1.82, 2.24) is 24.7 Å². The molecule has 0 aliphatic carbocycles. The number of aryl methyl sites for hydroxylation is 1. The minimum Gasteiger partial charge on any atom is -0.394 e. The van der Waals surface area contributed by atoms with Gasteiger partial charge in [-0.05, 0) is 55.7 Å². The van der Waals surface area contributed by atoms with Crippen molar-refractivity contribution < 1.29 is 18.3 Å². The van der Waals surface area contributed by atoms with E-state index >= 15 is 0 Å². The third-order valence-corrected chi connectivity index (χ3v) is 7.16. The summed E-state index contributed by atoms with van der Waals surface area (Å²) in [5, 5.41) is 18.6. The van der Waals surface area contributed by atoms with Crippen LogP contribution in [0.3, 0.4) is 0 Å². The lowest BCUT2D eigenvalue weighted by Crippen LogP contribution is -2.50. The lowest BCUT2D eigenvalue weighted by atomic mass is 9.98. The highest BCUT2D eigenvalue weighted by molar-refractivity contribution is 7.89. The molecule has 0 saturated carbocycles. The van der Waals surface area contributed by atoms with Crippen LogP contribution in [0.2, 0.25) is 5.02 Å². The fourth-order valence-corrected chi connectivity index (χ4v) is 5.12. The molecular weight excluding hydrogens is 454 g/mol. The van der Waals surface area contributed by atoms with Gasteiger partial charge in [0.2, 0.25) is 10.0 Å². The van der Waals surface area contributed by atoms with Gasteiger partial charge in [0, 0.05) is 29.5 Å². The molecule has 0 spiro atoms. The van der Waals surface area contributed by atoms with Crippen LogP contribution in [-0.4, -0.2) is 58.4 Å². The van der Waals surface area contributed by atoms with Crippen LogP contribution in [0.15, 0.2) is 59.9 Å². The number of ether oxygens (including phenoxy) is 1. The Labute approximate surface area is 191 Å². The number of hydrogen-bond acceptors (Lipinski definition) is 7. The van der Waals surface area contributed by atoms with Crippen LogP contribution in [0.4, 0.5) is 0 Å². The van der Waals surface area contributed by atoms with Crippen molar-refractivity contribution in [2.75, 3.05) is 6.61 Å². The van der Waals surface area contributed by atoms with Gasteiger partial charge in [-0.3, -0.25) is 9.67 Å². The van der Waals surface area contributed by atoms with Gasteiger partial charge in [-0.2, -0.15) is 0 Å². The summed E-state index contributed by atoms with van der Waals surface area (Å²) in [5.74, 6) is 0. The largest absolute Gasteiger partial charge is 0.394 e. The quantitative estimate of drug-likeness (QED) is 0.510. The molecule has 2 N–H and O–H groups in total. The van der Waals surface area contributed by atoms with Gasteiger partial charge in [0.15, 0.2) is 0 Å². The minimum atomic E-state index is -3.74. The van der Waals surface area contributed by atoms with E-state index in [1.807, 2.05) is 18.3 Å². The average Bonchev–Trinajstić information content (AvgIpc) is 3.28. The summed E-state index contributed by atoms with van der Waals surface area (Å²) in [7, 11) is -3.74. The van der Waals surface area contributed by atoms with Crippen LogP contribution in [0.5, 0.6) is 0 Å². The SMILES string of the molecule is O=S(=O)(N[C@H]1CC[C@@H](CCn2cc(-c3cccnc3)nn2)O[C@@H]1CO)c1ccc(Cl)cc1. The smallest absolute Gasteiger partial charge is 0.240 e. The molecule has 0 unspecified atom stereocenters. The highest BCUT2D eigenvalue weighted by atomic mass is 35.5. The number of nitrogens with one attached hydrogen (secondary N) is 1. The summed E-state index contributed by atoms with van der Waals surface area (Å²) >= 11 is 5.84. The van der Waals surface area contributed by atoms with Crippen LogP contribution >= 0.6 is 11.6 Å². The van der Waals surface area contributed by atoms with Gasteiger partial charge >= 0.3 is 0 Å². The number of aliphatic hydroxyl groups is 1. The number of benzene rings is 1. The zero-order chi connectivity index (χ0) is 22.6. The van der Waals surface area contributed by atoms with Gasteiger partial charge in [-0.15, -0.1) is 5.10 Å². The first kappa shape index (κ1) is 22.8. The van der Waals surface area contributed by atoms with Crippen LogP contribution in [-0.2, 0) is 21.3 Å². The topological polar surface area (TPSA) is 119 Å². The molecule has 1 aliphatic heterocycles. The molecule has 4 rings (SSSR count). The molecule has 11 heteroatoms. The van der Waals surface area contributed by atoms with Crippen LogP contribution in [0.25, 0.3) is 11.3 Å². The lowest BCUT2D eigenvalue weighted by Gasteiger charge is -2.36. The molecule has 9 nitrogen and oxygen atoms in total. The second kappa shape index (κ2) is 10.1. The third-order valence-electron chi connectivity index (χ3n) is 5.40. The maximum Gasteiger partial charge on any atom is 0.240 e. The summed E-state index contributed by atoms with van der Waals surface area (Å²) in [5.41, 5.74) is 1.64. The van der Waals surface area contributed by atoms with E-state index in [1.165, 1.54) is 24.3 Å². The zero-order valence-electron chi connectivity index (χ0n) is 17.2. The van der Waals surface area contributed by atoms with E-state index in [-0.39, 0.29) is 17.6 Å². The molecular formula is C21H24ClN5O4S. The van der Waals surface area contributed by atoms with Gasteiger partial charge < -0.3 is 9.84 Å². The number of nitrogens with zero attached hydrogens (tertiary/aromatic N) is 4. The molecule has 3 heterocycles. The van der Waals surface area contributed by atoms with Gasteiger partial charge in [0.1, 0.15) is 5.69 Å². The van der Waals surface area contributed by atoms with Crippen molar-refractivity contribution in [3.8, 4) is 11.3 Å². The van der Waals surface area contributed by atoms with Crippen LogP contribution < -0.4 is 4.72 Å². The number of pyridine rings is 1. The molecule has 32 heavy (non-hydrogen) atoms. The standard InChI is InChI=1S/C21H24ClN5O4S/c22-16-3-6-18(7-4-16)32(29,30)25-19-8-5-17(31-21(19)14-28)9-11-27-13-20(24-26-27)15-2-1-10-23-12-15/h1-4,6-7,10,12-13,17,19,21,25,28H,5,8-9,11,14H2/t17-,19-,21+/m0/s1. The molecule has 0 radical (unpaired) electrons. The van der Waals surface area contributed by atoms with Gasteiger partial charge in [0.05, 0.1) is 35.9 Å². The number of sulfonamides is 1. The van der Waals surface area contributed by atoms with Crippen molar-refractivity contribution in [2.45, 2.75) is 49.0 Å². The first-order valence-electron chi connectivity index (χ1n) is 10.3. The van der Waals surface area contributed by atoms with Crippen molar-refractivity contribution in [3.63, 3.8) is 0 Å². The number of aliphatic hydroxyl groups excluding tert-OH is 1. The third kappa shape index (κ3) is 5.51. The molecule has 2 aromatic heterocycles. The Bertz CT molecular complexity index is 1120. The lowest BCUT2D eigenvalue weighted by molar-refractivity contribution is -0.0891. The fourth-order valence-electron chi connectivity index (χ4n) is 3.69. The summed E-state index contributed by atoms with van der Waals surface area (Å²) in [4.78, 5) is 4.21. The molecule has 1 aliphatic rings. The summed E-state index contributed by atoms with van der Waals surface area (Å²) in [6.07, 6.45) is 6.43. The Balaban J connectivity index is 1.33. The highest BCUT2D eigenvalue weighted by Crippen LogP contribution is 2.24. The number of halogens is 1. The van der Waals surface area contributed by atoms with Crippen LogP contribution in [0, 0.1) is 0 Å². The van der Waals surface area contributed by atoms with E-state index in [0.717, 1.165) is 11.3 Å². The Morgan fingerprint density at radius 1 is 1.22 bits per heavy atom.